The van der Waals surface area contributed by atoms with Crippen molar-refractivity contribution in [3.8, 4) is 0 Å². The lowest BCUT2D eigenvalue weighted by Crippen LogP contribution is -2.33. The van der Waals surface area contributed by atoms with Crippen molar-refractivity contribution in [2.24, 2.45) is 0 Å². The quantitative estimate of drug-likeness (QED) is 0.714. The van der Waals surface area contributed by atoms with Crippen molar-refractivity contribution in [1.82, 2.24) is 5.32 Å². The second-order valence-electron chi connectivity index (χ2n) is 5.36. The smallest absolute Gasteiger partial charge is 0.243 e. The van der Waals surface area contributed by atoms with Crippen LogP contribution in [0.5, 0.6) is 0 Å². The molecule has 0 saturated carbocycles. The molecule has 0 bridgehead atoms. The second-order valence-corrected chi connectivity index (χ2v) is 7.23. The average molecular weight is 407 g/mol. The first kappa shape index (κ1) is 18.5. The zero-order valence-electron chi connectivity index (χ0n) is 13.6. The monoisotopic (exact) mass is 406 g/mol. The summed E-state index contributed by atoms with van der Waals surface area (Å²) in [6.45, 7) is 4.02. The highest BCUT2D eigenvalue weighted by Gasteiger charge is 2.09. The Hall–Kier alpha value is -1.79. The molecule has 4 nitrogen and oxygen atoms in total. The second kappa shape index (κ2) is 8.89. The first-order valence-electron chi connectivity index (χ1n) is 7.47. The molecule has 0 unspecified atom stereocenters. The summed E-state index contributed by atoms with van der Waals surface area (Å²) < 4.78 is 0.801. The van der Waals surface area contributed by atoms with E-state index in [0.29, 0.717) is 5.69 Å². The first-order chi connectivity index (χ1) is 11.5. The molecule has 2 aromatic carbocycles. The Labute approximate surface area is 154 Å². The Morgan fingerprint density at radius 2 is 1.83 bits per heavy atom. The number of para-hydroxylation sites is 1. The summed E-state index contributed by atoms with van der Waals surface area (Å²) in [6.07, 6.45) is 0. The van der Waals surface area contributed by atoms with Crippen LogP contribution < -0.4 is 10.6 Å². The van der Waals surface area contributed by atoms with Crippen LogP contribution in [0.15, 0.2) is 51.8 Å². The molecule has 0 aromatic heterocycles. The summed E-state index contributed by atoms with van der Waals surface area (Å²) in [5.74, 6) is -0.138. The number of nitrogens with one attached hydrogen (secondary N) is 2. The molecule has 2 amide bonds. The molecular formula is C18H19BrN2O2S. The van der Waals surface area contributed by atoms with Crippen LogP contribution in [0.4, 0.5) is 5.69 Å². The topological polar surface area (TPSA) is 58.2 Å². The van der Waals surface area contributed by atoms with Gasteiger partial charge in [0.05, 0.1) is 18.0 Å². The van der Waals surface area contributed by atoms with Crippen molar-refractivity contribution in [3.63, 3.8) is 0 Å². The van der Waals surface area contributed by atoms with Crippen LogP contribution in [0.3, 0.4) is 0 Å². The molecule has 0 heterocycles. The number of hydrogen-bond acceptors (Lipinski definition) is 3. The molecule has 2 aromatic rings. The predicted molar refractivity (Wildman–Crippen MR) is 102 cm³/mol. The van der Waals surface area contributed by atoms with E-state index < -0.39 is 0 Å². The van der Waals surface area contributed by atoms with Gasteiger partial charge >= 0.3 is 0 Å². The van der Waals surface area contributed by atoms with E-state index in [0.717, 1.165) is 14.9 Å². The van der Waals surface area contributed by atoms with Gasteiger partial charge in [0.1, 0.15) is 0 Å². The van der Waals surface area contributed by atoms with Gasteiger partial charge in [0.25, 0.3) is 0 Å². The van der Waals surface area contributed by atoms with Crippen LogP contribution in [0, 0.1) is 13.8 Å². The zero-order chi connectivity index (χ0) is 17.5. The van der Waals surface area contributed by atoms with Gasteiger partial charge in [-0.05, 0) is 53.5 Å². The van der Waals surface area contributed by atoms with Crippen molar-refractivity contribution in [2.75, 3.05) is 17.6 Å². The number of carbonyl (C=O) groups is 2. The standard InChI is InChI=1S/C18H19BrN2O2S/c1-12-7-8-16(13(2)9-12)24-11-18(23)20-10-17(22)21-15-6-4-3-5-14(15)19/h3-9H,10-11H2,1-2H3,(H,20,23)(H,21,22). The molecule has 2 N–H and O–H groups in total. The van der Waals surface area contributed by atoms with Gasteiger partial charge in [-0.25, -0.2) is 0 Å². The predicted octanol–water partition coefficient (Wildman–Crippen LogP) is 3.91. The van der Waals surface area contributed by atoms with Gasteiger partial charge in [-0.2, -0.15) is 0 Å². The Balaban J connectivity index is 1.76. The number of benzene rings is 2. The summed E-state index contributed by atoms with van der Waals surface area (Å²) in [7, 11) is 0. The van der Waals surface area contributed by atoms with Gasteiger partial charge < -0.3 is 10.6 Å². The number of rotatable bonds is 6. The third-order valence-corrected chi connectivity index (χ3v) is 5.15. The van der Waals surface area contributed by atoms with Crippen molar-refractivity contribution in [3.05, 3.63) is 58.1 Å². The van der Waals surface area contributed by atoms with E-state index in [1.54, 1.807) is 6.07 Å². The van der Waals surface area contributed by atoms with Crippen LogP contribution in [-0.4, -0.2) is 24.1 Å². The lowest BCUT2D eigenvalue weighted by molar-refractivity contribution is -0.122. The van der Waals surface area contributed by atoms with Gasteiger partial charge in [-0.15, -0.1) is 11.8 Å². The molecule has 2 rings (SSSR count). The van der Waals surface area contributed by atoms with Gasteiger partial charge in [0.15, 0.2) is 0 Å². The number of hydrogen-bond donors (Lipinski definition) is 2. The number of aryl methyl sites for hydroxylation is 2. The normalized spacial score (nSPS) is 10.3. The van der Waals surface area contributed by atoms with Crippen molar-refractivity contribution >= 4 is 45.2 Å². The third kappa shape index (κ3) is 5.69. The summed E-state index contributed by atoms with van der Waals surface area (Å²) in [5.41, 5.74) is 3.03. The fourth-order valence-electron chi connectivity index (χ4n) is 2.09. The van der Waals surface area contributed by atoms with E-state index in [2.05, 4.69) is 32.6 Å². The Morgan fingerprint density at radius 1 is 1.08 bits per heavy atom. The molecular weight excluding hydrogens is 388 g/mol. The summed E-state index contributed by atoms with van der Waals surface area (Å²) in [5, 5.41) is 5.38. The molecule has 126 valence electrons. The molecule has 0 aliphatic carbocycles. The van der Waals surface area contributed by atoms with E-state index in [-0.39, 0.29) is 24.1 Å². The molecule has 0 fully saturated rings. The van der Waals surface area contributed by atoms with Crippen LogP contribution >= 0.6 is 27.7 Å². The number of anilines is 1. The number of halogens is 1. The third-order valence-electron chi connectivity index (χ3n) is 3.28. The lowest BCUT2D eigenvalue weighted by atomic mass is 10.2. The van der Waals surface area contributed by atoms with Gasteiger partial charge in [-0.3, -0.25) is 9.59 Å². The molecule has 0 saturated heterocycles. The Bertz CT molecular complexity index is 750. The Kier molecular flexibility index (Phi) is 6.87. The number of carbonyl (C=O) groups excluding carboxylic acids is 2. The highest BCUT2D eigenvalue weighted by Crippen LogP contribution is 2.23. The van der Waals surface area contributed by atoms with Gasteiger partial charge in [0.2, 0.25) is 11.8 Å². The molecule has 6 heteroatoms. The summed E-state index contributed by atoms with van der Waals surface area (Å²) in [4.78, 5) is 24.9. The van der Waals surface area contributed by atoms with Gasteiger partial charge in [0, 0.05) is 9.37 Å². The molecule has 0 aliphatic heterocycles. The molecule has 0 spiro atoms. The van der Waals surface area contributed by atoms with Crippen molar-refractivity contribution < 1.29 is 9.59 Å². The largest absolute Gasteiger partial charge is 0.346 e. The van der Waals surface area contributed by atoms with Crippen molar-refractivity contribution in [1.29, 1.82) is 0 Å². The highest BCUT2D eigenvalue weighted by atomic mass is 79.9. The van der Waals surface area contributed by atoms with Gasteiger partial charge in [-0.1, -0.05) is 29.8 Å². The summed E-state index contributed by atoms with van der Waals surface area (Å²) in [6, 6.07) is 13.5. The number of thioether (sulfide) groups is 1. The average Bonchev–Trinajstić information content (AvgIpc) is 2.54. The minimum absolute atomic E-state index is 0.0480. The minimum atomic E-state index is -0.258. The van der Waals surface area contributed by atoms with E-state index in [1.807, 2.05) is 44.2 Å². The van der Waals surface area contributed by atoms with Crippen LogP contribution in [0.25, 0.3) is 0 Å². The minimum Gasteiger partial charge on any atom is -0.346 e. The zero-order valence-corrected chi connectivity index (χ0v) is 16.0. The maximum absolute atomic E-state index is 11.9. The number of amides is 2. The van der Waals surface area contributed by atoms with E-state index >= 15 is 0 Å². The van der Waals surface area contributed by atoms with Crippen molar-refractivity contribution in [2.45, 2.75) is 18.7 Å². The SMILES string of the molecule is Cc1ccc(SCC(=O)NCC(=O)Nc2ccccc2Br)c(C)c1. The maximum atomic E-state index is 11.9. The highest BCUT2D eigenvalue weighted by molar-refractivity contribution is 9.10. The molecule has 0 atom stereocenters. The molecule has 0 radical (unpaired) electrons. The lowest BCUT2D eigenvalue weighted by Gasteiger charge is -2.09. The fourth-order valence-corrected chi connectivity index (χ4v) is 3.31. The summed E-state index contributed by atoms with van der Waals surface area (Å²) >= 11 is 4.83. The first-order valence-corrected chi connectivity index (χ1v) is 9.24. The fraction of sp³-hybridized carbons (Fsp3) is 0.222. The maximum Gasteiger partial charge on any atom is 0.243 e. The Morgan fingerprint density at radius 3 is 2.54 bits per heavy atom. The van der Waals surface area contributed by atoms with Crippen LogP contribution in [-0.2, 0) is 9.59 Å². The van der Waals surface area contributed by atoms with E-state index in [9.17, 15) is 9.59 Å². The van der Waals surface area contributed by atoms with E-state index in [1.165, 1.54) is 17.3 Å². The van der Waals surface area contributed by atoms with Crippen LogP contribution in [0.1, 0.15) is 11.1 Å². The van der Waals surface area contributed by atoms with E-state index in [4.69, 9.17) is 0 Å². The van der Waals surface area contributed by atoms with Crippen LogP contribution in [0.2, 0.25) is 0 Å². The molecule has 24 heavy (non-hydrogen) atoms. The molecule has 0 aliphatic rings.